The van der Waals surface area contributed by atoms with Crippen molar-refractivity contribution in [3.63, 3.8) is 0 Å². The third kappa shape index (κ3) is 8.15. The molecule has 0 saturated heterocycles. The van der Waals surface area contributed by atoms with Gasteiger partial charge >= 0.3 is 0 Å². The maximum Gasteiger partial charge on any atom is 0.00984 e. The lowest BCUT2D eigenvalue weighted by Crippen LogP contribution is -2.23. The Labute approximate surface area is 311 Å². The topological polar surface area (TPSA) is 0 Å². The maximum absolute atomic E-state index is 4.08. The molecule has 5 aromatic carbocycles. The van der Waals surface area contributed by atoms with Gasteiger partial charge in [0.1, 0.15) is 0 Å². The van der Waals surface area contributed by atoms with Crippen molar-refractivity contribution in [2.75, 3.05) is 0 Å². The van der Waals surface area contributed by atoms with Gasteiger partial charge in [0.25, 0.3) is 0 Å². The van der Waals surface area contributed by atoms with Gasteiger partial charge in [-0.2, -0.15) is 0 Å². The van der Waals surface area contributed by atoms with Gasteiger partial charge in [-0.05, 0) is 157 Å². The van der Waals surface area contributed by atoms with E-state index in [2.05, 4.69) is 172 Å². The molecule has 6 rings (SSSR count). The van der Waals surface area contributed by atoms with Gasteiger partial charge in [-0.15, -0.1) is 0 Å². The van der Waals surface area contributed by atoms with Crippen LogP contribution in [-0.4, -0.2) is 0 Å². The molecular formula is C49H54P2. The minimum absolute atomic E-state index is 0.390. The van der Waals surface area contributed by atoms with Crippen LogP contribution in [0, 0.1) is 41.5 Å². The minimum Gasteiger partial charge on any atom is -0.0988 e. The van der Waals surface area contributed by atoms with E-state index in [0.717, 1.165) is 19.3 Å². The highest BCUT2D eigenvalue weighted by Crippen LogP contribution is 2.47. The van der Waals surface area contributed by atoms with E-state index < -0.39 is 15.8 Å². The molecule has 0 amide bonds. The Morgan fingerprint density at radius 2 is 1.16 bits per heavy atom. The molecule has 0 N–H and O–H groups in total. The van der Waals surface area contributed by atoms with Crippen molar-refractivity contribution >= 4 is 42.4 Å². The third-order valence-electron chi connectivity index (χ3n) is 10.3. The molecule has 0 fully saturated rings. The summed E-state index contributed by atoms with van der Waals surface area (Å²) in [6, 6.07) is 36.4. The molecule has 0 aromatic heterocycles. The van der Waals surface area contributed by atoms with Gasteiger partial charge in [0.15, 0.2) is 0 Å². The van der Waals surface area contributed by atoms with E-state index in [1.54, 1.807) is 0 Å². The first-order valence-corrected chi connectivity index (χ1v) is 21.2. The van der Waals surface area contributed by atoms with Crippen LogP contribution in [0.3, 0.4) is 0 Å². The summed E-state index contributed by atoms with van der Waals surface area (Å²) < 4.78 is 0. The van der Waals surface area contributed by atoms with E-state index in [9.17, 15) is 0 Å². The molecule has 1 aliphatic rings. The van der Waals surface area contributed by atoms with Crippen molar-refractivity contribution in [1.29, 1.82) is 0 Å². The molecule has 0 heterocycles. The molecule has 0 radical (unpaired) electrons. The summed E-state index contributed by atoms with van der Waals surface area (Å²) >= 11 is 0. The van der Waals surface area contributed by atoms with Crippen LogP contribution in [-0.2, 0) is 12.8 Å². The number of benzene rings is 5. The van der Waals surface area contributed by atoms with Gasteiger partial charge < -0.3 is 0 Å². The summed E-state index contributed by atoms with van der Waals surface area (Å²) in [5, 5.41) is 8.57. The molecular weight excluding hydrogens is 650 g/mol. The van der Waals surface area contributed by atoms with E-state index in [-0.39, 0.29) is 0 Å². The van der Waals surface area contributed by atoms with Crippen LogP contribution >= 0.6 is 15.8 Å². The average molecular weight is 705 g/mol. The lowest BCUT2D eigenvalue weighted by Gasteiger charge is -2.26. The van der Waals surface area contributed by atoms with Gasteiger partial charge in [-0.1, -0.05) is 150 Å². The van der Waals surface area contributed by atoms with Gasteiger partial charge in [0.2, 0.25) is 0 Å². The van der Waals surface area contributed by atoms with Crippen molar-refractivity contribution in [2.24, 2.45) is 0 Å². The maximum atomic E-state index is 4.08. The van der Waals surface area contributed by atoms with Crippen LogP contribution in [0.15, 0.2) is 127 Å². The second kappa shape index (κ2) is 15.8. The number of rotatable bonds is 10. The van der Waals surface area contributed by atoms with Crippen molar-refractivity contribution in [1.82, 2.24) is 0 Å². The predicted octanol–water partition coefficient (Wildman–Crippen LogP) is 11.4. The zero-order chi connectivity index (χ0) is 36.4. The average Bonchev–Trinajstić information content (AvgIpc) is 3.50. The second-order valence-corrected chi connectivity index (χ2v) is 19.2. The SMILES string of the molecule is C=C/C(C)=C\C(=C/C)P(c1cc(C)cc(C)c1)c1ccc2c(c1)C(c1cc(P(c3cc(C)cc(C)c3)c3cc(C)cc(C)c3)ccc1CC)CC2. The molecule has 0 saturated carbocycles. The van der Waals surface area contributed by atoms with E-state index in [1.165, 1.54) is 93.0 Å². The summed E-state index contributed by atoms with van der Waals surface area (Å²) in [5.41, 5.74) is 15.2. The van der Waals surface area contributed by atoms with Crippen LogP contribution < -0.4 is 26.5 Å². The first kappa shape index (κ1) is 37.0. The summed E-state index contributed by atoms with van der Waals surface area (Å²) in [4.78, 5) is 0. The number of allylic oxidation sites excluding steroid dienone is 5. The molecule has 2 atom stereocenters. The number of hydrogen-bond acceptors (Lipinski definition) is 0. The van der Waals surface area contributed by atoms with Crippen molar-refractivity contribution < 1.29 is 0 Å². The van der Waals surface area contributed by atoms with Crippen molar-refractivity contribution in [3.05, 3.63) is 182 Å². The highest BCUT2D eigenvalue weighted by Gasteiger charge is 2.29. The number of aryl methyl sites for hydroxylation is 8. The molecule has 1 aliphatic carbocycles. The molecule has 51 heavy (non-hydrogen) atoms. The summed E-state index contributed by atoms with van der Waals surface area (Å²) in [6.45, 7) is 24.2. The highest BCUT2D eigenvalue weighted by atomic mass is 31.1. The fourth-order valence-electron chi connectivity index (χ4n) is 8.12. The van der Waals surface area contributed by atoms with E-state index in [1.807, 2.05) is 6.08 Å². The van der Waals surface area contributed by atoms with Crippen LogP contribution in [0.5, 0.6) is 0 Å². The lowest BCUT2D eigenvalue weighted by molar-refractivity contribution is 0.777. The van der Waals surface area contributed by atoms with Crippen molar-refractivity contribution in [3.8, 4) is 0 Å². The van der Waals surface area contributed by atoms with E-state index in [0.29, 0.717) is 5.92 Å². The Balaban J connectivity index is 1.51. The van der Waals surface area contributed by atoms with Crippen LogP contribution in [0.25, 0.3) is 0 Å². The molecule has 260 valence electrons. The highest BCUT2D eigenvalue weighted by molar-refractivity contribution is 7.79. The smallest absolute Gasteiger partial charge is 0.00984 e. The van der Waals surface area contributed by atoms with Crippen LogP contribution in [0.2, 0.25) is 0 Å². The molecule has 2 heteroatoms. The third-order valence-corrected chi connectivity index (χ3v) is 15.1. The Bertz CT molecular complexity index is 2050. The van der Waals surface area contributed by atoms with E-state index in [4.69, 9.17) is 0 Å². The zero-order valence-corrected chi connectivity index (χ0v) is 34.0. The standard InChI is InChI=1S/C49H54P2/c1-11-32(4)23-41(13-3)50(44-24-33(5)20-34(6)25-44)42-18-15-40-16-19-47(49(40)31-42)48-30-43(17-14-39(48)12-2)51(45-26-35(7)21-36(8)27-45)46-28-37(9)22-38(10)29-46/h11,13-15,17-18,20-31,47H,1,12,16,19H2,2-10H3/b32-23-,41-13+. The number of hydrogen-bond donors (Lipinski definition) is 0. The Hall–Kier alpha value is -3.82. The van der Waals surface area contributed by atoms with Gasteiger partial charge in [-0.25, -0.2) is 0 Å². The Morgan fingerprint density at radius 3 is 1.67 bits per heavy atom. The molecule has 5 aromatic rings. The largest absolute Gasteiger partial charge is 0.0988 e. The monoisotopic (exact) mass is 704 g/mol. The predicted molar refractivity (Wildman–Crippen MR) is 230 cm³/mol. The number of fused-ring (bicyclic) bond motifs is 1. The van der Waals surface area contributed by atoms with Crippen LogP contribution in [0.1, 0.15) is 88.7 Å². The van der Waals surface area contributed by atoms with Gasteiger partial charge in [0, 0.05) is 5.92 Å². The first-order valence-electron chi connectivity index (χ1n) is 18.6. The fraction of sp³-hybridized carbons (Fsp3) is 0.265. The van der Waals surface area contributed by atoms with Gasteiger partial charge in [0.05, 0.1) is 0 Å². The quantitative estimate of drug-likeness (QED) is 0.100. The Morgan fingerprint density at radius 1 is 0.647 bits per heavy atom. The fourth-order valence-corrected chi connectivity index (χ4v) is 13.5. The minimum atomic E-state index is -0.740. The van der Waals surface area contributed by atoms with Crippen LogP contribution in [0.4, 0.5) is 0 Å². The summed E-state index contributed by atoms with van der Waals surface area (Å²) in [7, 11) is -1.46. The zero-order valence-electron chi connectivity index (χ0n) is 32.2. The first-order chi connectivity index (χ1) is 24.5. The molecule has 0 nitrogen and oxygen atoms in total. The van der Waals surface area contributed by atoms with Crippen molar-refractivity contribution in [2.45, 2.75) is 87.5 Å². The Kier molecular flexibility index (Phi) is 11.5. The lowest BCUT2D eigenvalue weighted by atomic mass is 9.88. The normalized spacial score (nSPS) is 15.3. The molecule has 2 unspecified atom stereocenters. The van der Waals surface area contributed by atoms with E-state index >= 15 is 0 Å². The second-order valence-electron chi connectivity index (χ2n) is 14.7. The molecule has 0 aliphatic heterocycles. The molecule has 0 spiro atoms. The summed E-state index contributed by atoms with van der Waals surface area (Å²) in [5.74, 6) is 0.390. The molecule has 0 bridgehead atoms. The summed E-state index contributed by atoms with van der Waals surface area (Å²) in [6.07, 6.45) is 9.97. The van der Waals surface area contributed by atoms with Gasteiger partial charge in [-0.3, -0.25) is 0 Å².